The number of ketones is 3. The highest BCUT2D eigenvalue weighted by molar-refractivity contribution is 6.32. The first-order valence-electron chi connectivity index (χ1n) is 13.6. The Balaban J connectivity index is 2.02. The summed E-state index contributed by atoms with van der Waals surface area (Å²) in [6.07, 6.45) is 3.20. The third kappa shape index (κ3) is 5.06. The predicted molar refractivity (Wildman–Crippen MR) is 146 cm³/mol. The number of carbonyl (C=O) groups is 5. The third-order valence-corrected chi connectivity index (χ3v) is 7.99. The summed E-state index contributed by atoms with van der Waals surface area (Å²) in [4.78, 5) is 68.2. The van der Waals surface area contributed by atoms with E-state index in [2.05, 4.69) is 5.32 Å². The van der Waals surface area contributed by atoms with Crippen molar-refractivity contribution in [2.45, 2.75) is 78.9 Å². The molecule has 0 aromatic heterocycles. The summed E-state index contributed by atoms with van der Waals surface area (Å²) in [6, 6.07) is 1.32. The fourth-order valence-corrected chi connectivity index (χ4v) is 5.56. The number of nitrogens with one attached hydrogen (secondary N) is 1. The van der Waals surface area contributed by atoms with E-state index in [9.17, 15) is 34.2 Å². The van der Waals surface area contributed by atoms with E-state index in [-0.39, 0.29) is 58.7 Å². The van der Waals surface area contributed by atoms with Crippen molar-refractivity contribution in [1.29, 1.82) is 0 Å². The van der Waals surface area contributed by atoms with E-state index in [1.165, 1.54) is 26.0 Å². The zero-order valence-electron chi connectivity index (χ0n) is 23.4. The number of allylic oxidation sites excluding steroid dienone is 3. The van der Waals surface area contributed by atoms with Gasteiger partial charge in [0.05, 0.1) is 16.7 Å². The van der Waals surface area contributed by atoms with E-state index >= 15 is 0 Å². The molecular formula is C31H35NO8. The number of esters is 1. The Hall–Kier alpha value is -3.85. The fourth-order valence-electron chi connectivity index (χ4n) is 5.56. The van der Waals surface area contributed by atoms with Crippen molar-refractivity contribution in [2.24, 2.45) is 11.3 Å². The Kier molecular flexibility index (Phi) is 7.99. The van der Waals surface area contributed by atoms with Gasteiger partial charge in [0.25, 0.3) is 0 Å². The zero-order valence-corrected chi connectivity index (χ0v) is 23.4. The van der Waals surface area contributed by atoms with Crippen molar-refractivity contribution in [3.63, 3.8) is 0 Å². The first kappa shape index (κ1) is 29.1. The molecule has 2 aliphatic heterocycles. The Morgan fingerprint density at radius 2 is 1.80 bits per heavy atom. The topological polar surface area (TPSA) is 147 Å². The van der Waals surface area contributed by atoms with E-state index in [0.29, 0.717) is 12.8 Å². The van der Waals surface area contributed by atoms with E-state index in [4.69, 9.17) is 4.74 Å². The van der Waals surface area contributed by atoms with Crippen LogP contribution in [0, 0.1) is 18.3 Å². The molecule has 0 saturated carbocycles. The number of cyclic esters (lactones) is 1. The van der Waals surface area contributed by atoms with Gasteiger partial charge in [-0.05, 0) is 70.6 Å². The van der Waals surface area contributed by atoms with Crippen LogP contribution in [0.1, 0.15) is 96.4 Å². The summed E-state index contributed by atoms with van der Waals surface area (Å²) < 4.78 is 5.82. The van der Waals surface area contributed by atoms with E-state index in [1.807, 2.05) is 6.92 Å². The summed E-state index contributed by atoms with van der Waals surface area (Å²) in [7, 11) is 0. The van der Waals surface area contributed by atoms with Crippen LogP contribution in [0.3, 0.4) is 0 Å². The molecule has 3 aliphatic rings. The maximum absolute atomic E-state index is 14.3. The molecule has 3 N–H and O–H groups in total. The van der Waals surface area contributed by atoms with Gasteiger partial charge in [-0.1, -0.05) is 24.6 Å². The zero-order chi connectivity index (χ0) is 29.5. The summed E-state index contributed by atoms with van der Waals surface area (Å²) in [5, 5.41) is 24.5. The molecule has 1 amide bonds. The number of ether oxygens (including phenoxy) is 1. The number of amides is 1. The number of aryl methyl sites for hydroxylation is 1. The van der Waals surface area contributed by atoms with E-state index in [1.54, 1.807) is 26.0 Å². The second-order valence-corrected chi connectivity index (χ2v) is 11.2. The fraction of sp³-hybridized carbons (Fsp3) is 0.452. The van der Waals surface area contributed by atoms with Crippen LogP contribution in [0.2, 0.25) is 0 Å². The van der Waals surface area contributed by atoms with Crippen molar-refractivity contribution in [3.8, 4) is 5.75 Å². The van der Waals surface area contributed by atoms with Crippen molar-refractivity contribution in [1.82, 2.24) is 5.32 Å². The first-order chi connectivity index (χ1) is 18.8. The lowest BCUT2D eigenvalue weighted by Gasteiger charge is -2.33. The number of aromatic hydroxyl groups is 1. The lowest BCUT2D eigenvalue weighted by Crippen LogP contribution is -2.43. The number of phenolic OH excluding ortho intramolecular Hbond substituents is 1. The molecule has 1 aromatic rings. The highest BCUT2D eigenvalue weighted by atomic mass is 16.6. The Bertz CT molecular complexity index is 1410. The molecule has 1 aliphatic carbocycles. The summed E-state index contributed by atoms with van der Waals surface area (Å²) in [6.45, 7) is 8.44. The molecule has 0 spiro atoms. The Labute approximate surface area is 233 Å². The molecule has 1 aromatic carbocycles. The van der Waals surface area contributed by atoms with Crippen LogP contribution >= 0.6 is 0 Å². The standard InChI is InChI=1S/C31H35NO8/c1-6-17-7-9-19(33)21(13-15(2)3)40-30(39)31(5)12-11-22(35)32-26-25(31)29(38)23-18(28(26)37)14-16(4)27(36)24(23)20(34)10-8-17/h7,9,13-14,17,19,21,33,36H,6,8,10-12H2,1-5H3,(H,32,35)/t17?,19-,21?,31-/m0/s1. The number of phenols is 1. The molecular weight excluding hydrogens is 514 g/mol. The van der Waals surface area contributed by atoms with Crippen LogP contribution in [0.25, 0.3) is 0 Å². The van der Waals surface area contributed by atoms with Gasteiger partial charge in [-0.25, -0.2) is 0 Å². The number of carbonyl (C=O) groups excluding carboxylic acids is 5. The molecule has 2 unspecified atom stereocenters. The van der Waals surface area contributed by atoms with Gasteiger partial charge < -0.3 is 20.3 Å². The highest BCUT2D eigenvalue weighted by Gasteiger charge is 2.51. The largest absolute Gasteiger partial charge is 0.507 e. The number of aliphatic hydroxyl groups is 1. The number of benzene rings is 1. The van der Waals surface area contributed by atoms with Crippen LogP contribution in [0.15, 0.2) is 41.1 Å². The maximum atomic E-state index is 14.3. The predicted octanol–water partition coefficient (Wildman–Crippen LogP) is 4.05. The molecule has 40 heavy (non-hydrogen) atoms. The second-order valence-electron chi connectivity index (χ2n) is 11.2. The molecule has 9 heteroatoms. The van der Waals surface area contributed by atoms with Crippen LogP contribution in [0.4, 0.5) is 0 Å². The van der Waals surface area contributed by atoms with Gasteiger partial charge in [0.15, 0.2) is 11.6 Å². The maximum Gasteiger partial charge on any atom is 0.317 e. The number of hydrogen-bond donors (Lipinski definition) is 3. The van der Waals surface area contributed by atoms with Crippen LogP contribution in [0.5, 0.6) is 5.75 Å². The van der Waals surface area contributed by atoms with Crippen LogP contribution in [-0.2, 0) is 14.3 Å². The van der Waals surface area contributed by atoms with Crippen molar-refractivity contribution >= 4 is 29.2 Å². The molecule has 0 saturated heterocycles. The Morgan fingerprint density at radius 3 is 2.45 bits per heavy atom. The quantitative estimate of drug-likeness (QED) is 0.370. The SMILES string of the molecule is CCC1C=C[C@H](O)C(C=C(C)C)OC(=O)[C@@]2(C)CCC(=O)NC3=C2C(=O)c2c(cc(C)c(O)c2C(=O)CC1)C3=O. The minimum absolute atomic E-state index is 0.0311. The van der Waals surface area contributed by atoms with Gasteiger partial charge in [0, 0.05) is 29.5 Å². The molecule has 4 rings (SSSR count). The number of aliphatic hydroxyl groups excluding tert-OH is 1. The summed E-state index contributed by atoms with van der Waals surface area (Å²) in [5.41, 5.74) is -2.05. The third-order valence-electron chi connectivity index (χ3n) is 7.99. The van der Waals surface area contributed by atoms with Gasteiger partial charge in [-0.15, -0.1) is 0 Å². The second kappa shape index (κ2) is 11.0. The average molecular weight is 550 g/mol. The first-order valence-corrected chi connectivity index (χ1v) is 13.6. The normalized spacial score (nSPS) is 27.4. The number of Topliss-reactive ketones (excluding diaryl/α,β-unsaturated/α-hetero) is 3. The molecule has 2 bridgehead atoms. The van der Waals surface area contributed by atoms with Crippen LogP contribution < -0.4 is 5.32 Å². The summed E-state index contributed by atoms with van der Waals surface area (Å²) >= 11 is 0. The van der Waals surface area contributed by atoms with E-state index in [0.717, 1.165) is 5.57 Å². The lowest BCUT2D eigenvalue weighted by atomic mass is 9.69. The molecule has 2 heterocycles. The van der Waals surface area contributed by atoms with Gasteiger partial charge >= 0.3 is 5.97 Å². The minimum Gasteiger partial charge on any atom is -0.507 e. The summed E-state index contributed by atoms with van der Waals surface area (Å²) in [5.74, 6) is -4.03. The molecule has 9 nitrogen and oxygen atoms in total. The van der Waals surface area contributed by atoms with Gasteiger partial charge in [-0.3, -0.25) is 24.0 Å². The molecule has 212 valence electrons. The van der Waals surface area contributed by atoms with Crippen LogP contribution in [-0.4, -0.2) is 51.6 Å². The Morgan fingerprint density at radius 1 is 1.10 bits per heavy atom. The average Bonchev–Trinajstić information content (AvgIpc) is 3.03. The number of hydrogen-bond acceptors (Lipinski definition) is 8. The molecule has 4 atom stereocenters. The minimum atomic E-state index is -1.77. The number of rotatable bonds is 2. The smallest absolute Gasteiger partial charge is 0.317 e. The molecule has 0 radical (unpaired) electrons. The van der Waals surface area contributed by atoms with Crippen molar-refractivity contribution in [2.75, 3.05) is 0 Å². The monoisotopic (exact) mass is 549 g/mol. The molecule has 0 fully saturated rings. The van der Waals surface area contributed by atoms with E-state index < -0.39 is 52.6 Å². The van der Waals surface area contributed by atoms with Crippen molar-refractivity contribution in [3.05, 3.63) is 63.4 Å². The van der Waals surface area contributed by atoms with Gasteiger partial charge in [-0.2, -0.15) is 0 Å². The highest BCUT2D eigenvalue weighted by Crippen LogP contribution is 2.45. The van der Waals surface area contributed by atoms with Crippen molar-refractivity contribution < 1.29 is 38.9 Å². The van der Waals surface area contributed by atoms with Gasteiger partial charge in [0.1, 0.15) is 18.0 Å². The van der Waals surface area contributed by atoms with Gasteiger partial charge in [0.2, 0.25) is 11.7 Å². The lowest BCUT2D eigenvalue weighted by molar-refractivity contribution is -0.159.